The summed E-state index contributed by atoms with van der Waals surface area (Å²) in [5, 5.41) is 0. The first-order valence-corrected chi connectivity index (χ1v) is 3.59. The molecule has 0 atom stereocenters. The van der Waals surface area contributed by atoms with Gasteiger partial charge in [-0.2, -0.15) is 0 Å². The van der Waals surface area contributed by atoms with Crippen molar-refractivity contribution < 1.29 is 19.1 Å². The van der Waals surface area contributed by atoms with Crippen molar-refractivity contribution in [2.45, 2.75) is 12.8 Å². The third-order valence-corrected chi connectivity index (χ3v) is 1.13. The average Bonchev–Trinajstić information content (AvgIpc) is 2.01. The molecule has 5 nitrogen and oxygen atoms in total. The molecule has 0 aliphatic heterocycles. The summed E-state index contributed by atoms with van der Waals surface area (Å²) >= 11 is 0. The fourth-order valence-corrected chi connectivity index (χ4v) is 0.536. The maximum absolute atomic E-state index is 10.7. The highest BCUT2D eigenvalue weighted by molar-refractivity contribution is 5.79. The zero-order chi connectivity index (χ0) is 9.40. The first-order valence-electron chi connectivity index (χ1n) is 3.59. The molecule has 0 heterocycles. The largest absolute Gasteiger partial charge is 0.463 e. The molecule has 0 aromatic heterocycles. The second-order valence-electron chi connectivity index (χ2n) is 2.18. The summed E-state index contributed by atoms with van der Waals surface area (Å²) in [7, 11) is 1.51. The number of ether oxygens (including phenoxy) is 2. The molecule has 70 valence electrons. The Balaban J connectivity index is 3.28. The molecule has 0 aromatic carbocycles. The van der Waals surface area contributed by atoms with Crippen molar-refractivity contribution in [3.63, 3.8) is 0 Å². The second kappa shape index (κ2) is 6.60. The maximum atomic E-state index is 10.7. The van der Waals surface area contributed by atoms with Gasteiger partial charge in [-0.15, -0.1) is 0 Å². The minimum absolute atomic E-state index is 0.0335. The Morgan fingerprint density at radius 1 is 1.25 bits per heavy atom. The smallest absolute Gasteiger partial charge is 0.306 e. The number of primary amides is 1. The van der Waals surface area contributed by atoms with Crippen LogP contribution >= 0.6 is 0 Å². The lowest BCUT2D eigenvalue weighted by Crippen LogP contribution is -2.15. The van der Waals surface area contributed by atoms with Gasteiger partial charge in [0.15, 0.2) is 0 Å². The standard InChI is InChI=1S/C7H13NO4/c1-11-4-5-12-7(10)3-2-6(8)9/h2-5H2,1H3,(H2,8,9). The van der Waals surface area contributed by atoms with Gasteiger partial charge in [-0.05, 0) is 0 Å². The Morgan fingerprint density at radius 2 is 1.92 bits per heavy atom. The summed E-state index contributed by atoms with van der Waals surface area (Å²) in [6.45, 7) is 0.580. The normalized spacial score (nSPS) is 9.42. The van der Waals surface area contributed by atoms with Crippen LogP contribution in [0.15, 0.2) is 0 Å². The molecular weight excluding hydrogens is 162 g/mol. The number of methoxy groups -OCH3 is 1. The molecule has 0 saturated carbocycles. The molecule has 0 radical (unpaired) electrons. The molecule has 5 heteroatoms. The van der Waals surface area contributed by atoms with E-state index < -0.39 is 11.9 Å². The van der Waals surface area contributed by atoms with Gasteiger partial charge in [0.25, 0.3) is 0 Å². The summed E-state index contributed by atoms with van der Waals surface area (Å²) in [6, 6.07) is 0. The van der Waals surface area contributed by atoms with E-state index in [9.17, 15) is 9.59 Å². The van der Waals surface area contributed by atoms with E-state index in [0.29, 0.717) is 6.61 Å². The Hall–Kier alpha value is -1.10. The van der Waals surface area contributed by atoms with Crippen LogP contribution in [0.5, 0.6) is 0 Å². The molecule has 0 rings (SSSR count). The SMILES string of the molecule is COCCOC(=O)CCC(N)=O. The third-order valence-electron chi connectivity index (χ3n) is 1.13. The summed E-state index contributed by atoms with van der Waals surface area (Å²) in [5.41, 5.74) is 4.82. The highest BCUT2D eigenvalue weighted by Crippen LogP contribution is 1.91. The van der Waals surface area contributed by atoms with E-state index in [-0.39, 0.29) is 19.4 Å². The summed E-state index contributed by atoms with van der Waals surface area (Å²) in [6.07, 6.45) is 0.0743. The lowest BCUT2D eigenvalue weighted by atomic mass is 10.3. The van der Waals surface area contributed by atoms with Crippen molar-refractivity contribution in [1.29, 1.82) is 0 Å². The van der Waals surface area contributed by atoms with Crippen LogP contribution in [0.4, 0.5) is 0 Å². The molecular formula is C7H13NO4. The zero-order valence-electron chi connectivity index (χ0n) is 7.04. The van der Waals surface area contributed by atoms with Gasteiger partial charge in [-0.3, -0.25) is 9.59 Å². The Kier molecular flexibility index (Phi) is 6.00. The number of hydrogen-bond acceptors (Lipinski definition) is 4. The number of esters is 1. The zero-order valence-corrected chi connectivity index (χ0v) is 7.04. The Morgan fingerprint density at radius 3 is 2.42 bits per heavy atom. The van der Waals surface area contributed by atoms with E-state index in [0.717, 1.165) is 0 Å². The lowest BCUT2D eigenvalue weighted by Gasteiger charge is -2.01. The van der Waals surface area contributed by atoms with Crippen LogP contribution in [-0.2, 0) is 19.1 Å². The monoisotopic (exact) mass is 175 g/mol. The summed E-state index contributed by atoms with van der Waals surface area (Å²) in [4.78, 5) is 21.0. The molecule has 12 heavy (non-hydrogen) atoms. The van der Waals surface area contributed by atoms with E-state index in [2.05, 4.69) is 9.47 Å². The minimum atomic E-state index is -0.501. The van der Waals surface area contributed by atoms with E-state index in [1.165, 1.54) is 7.11 Å². The minimum Gasteiger partial charge on any atom is -0.463 e. The van der Waals surface area contributed by atoms with Crippen molar-refractivity contribution in [2.24, 2.45) is 5.73 Å². The fraction of sp³-hybridized carbons (Fsp3) is 0.714. The van der Waals surface area contributed by atoms with Crippen LogP contribution in [0.3, 0.4) is 0 Å². The second-order valence-corrected chi connectivity index (χ2v) is 2.18. The number of carbonyl (C=O) groups excluding carboxylic acids is 2. The molecule has 0 aliphatic carbocycles. The van der Waals surface area contributed by atoms with Gasteiger partial charge < -0.3 is 15.2 Å². The van der Waals surface area contributed by atoms with Gasteiger partial charge in [0.1, 0.15) is 6.61 Å². The van der Waals surface area contributed by atoms with Crippen LogP contribution in [0.2, 0.25) is 0 Å². The van der Waals surface area contributed by atoms with Crippen molar-refractivity contribution in [2.75, 3.05) is 20.3 Å². The van der Waals surface area contributed by atoms with Crippen LogP contribution < -0.4 is 5.73 Å². The van der Waals surface area contributed by atoms with E-state index >= 15 is 0 Å². The number of nitrogens with two attached hydrogens (primary N) is 1. The first kappa shape index (κ1) is 10.9. The fourth-order valence-electron chi connectivity index (χ4n) is 0.536. The van der Waals surface area contributed by atoms with Gasteiger partial charge >= 0.3 is 5.97 Å². The molecule has 0 aliphatic rings. The van der Waals surface area contributed by atoms with Crippen molar-refractivity contribution in [3.8, 4) is 0 Å². The van der Waals surface area contributed by atoms with E-state index in [1.807, 2.05) is 0 Å². The predicted molar refractivity (Wildman–Crippen MR) is 41.3 cm³/mol. The number of amides is 1. The molecule has 0 spiro atoms. The summed E-state index contributed by atoms with van der Waals surface area (Å²) < 4.78 is 9.31. The molecule has 0 unspecified atom stereocenters. The quantitative estimate of drug-likeness (QED) is 0.433. The first-order chi connectivity index (χ1) is 5.66. The highest BCUT2D eigenvalue weighted by atomic mass is 16.6. The van der Waals surface area contributed by atoms with Crippen LogP contribution in [0.1, 0.15) is 12.8 Å². The summed E-state index contributed by atoms with van der Waals surface area (Å²) in [5.74, 6) is -0.926. The lowest BCUT2D eigenvalue weighted by molar-refractivity contribution is -0.145. The highest BCUT2D eigenvalue weighted by Gasteiger charge is 2.04. The average molecular weight is 175 g/mol. The van der Waals surface area contributed by atoms with Gasteiger partial charge in [0.05, 0.1) is 13.0 Å². The van der Waals surface area contributed by atoms with Crippen molar-refractivity contribution in [1.82, 2.24) is 0 Å². The third kappa shape index (κ3) is 7.01. The van der Waals surface area contributed by atoms with Crippen LogP contribution in [0, 0.1) is 0 Å². The Labute approximate surface area is 70.8 Å². The van der Waals surface area contributed by atoms with Crippen LogP contribution in [0.25, 0.3) is 0 Å². The predicted octanol–water partition coefficient (Wildman–Crippen LogP) is -0.558. The topological polar surface area (TPSA) is 78.6 Å². The molecule has 2 N–H and O–H groups in total. The molecule has 0 bridgehead atoms. The van der Waals surface area contributed by atoms with Gasteiger partial charge in [0, 0.05) is 13.5 Å². The number of carbonyl (C=O) groups is 2. The maximum Gasteiger partial charge on any atom is 0.306 e. The molecule has 1 amide bonds. The molecule has 0 aromatic rings. The van der Waals surface area contributed by atoms with Gasteiger partial charge in [-0.1, -0.05) is 0 Å². The van der Waals surface area contributed by atoms with Crippen LogP contribution in [-0.4, -0.2) is 32.2 Å². The Bertz CT molecular complexity index is 157. The number of hydrogen-bond donors (Lipinski definition) is 1. The number of rotatable bonds is 6. The molecule has 0 fully saturated rings. The van der Waals surface area contributed by atoms with Crippen molar-refractivity contribution in [3.05, 3.63) is 0 Å². The molecule has 0 saturated heterocycles. The van der Waals surface area contributed by atoms with E-state index in [4.69, 9.17) is 5.73 Å². The van der Waals surface area contributed by atoms with Crippen molar-refractivity contribution >= 4 is 11.9 Å². The van der Waals surface area contributed by atoms with E-state index in [1.54, 1.807) is 0 Å². The van der Waals surface area contributed by atoms with Gasteiger partial charge in [-0.25, -0.2) is 0 Å². The van der Waals surface area contributed by atoms with Gasteiger partial charge in [0.2, 0.25) is 5.91 Å².